The van der Waals surface area contributed by atoms with Gasteiger partial charge in [0.15, 0.2) is 11.6 Å². The molecule has 0 unspecified atom stereocenters. The Balaban J connectivity index is 1.66. The van der Waals surface area contributed by atoms with Crippen LogP contribution in [0.5, 0.6) is 5.75 Å². The van der Waals surface area contributed by atoms with Crippen molar-refractivity contribution < 1.29 is 18.7 Å². The molecule has 0 saturated carbocycles. The monoisotopic (exact) mass is 354 g/mol. The van der Waals surface area contributed by atoms with Gasteiger partial charge in [0, 0.05) is 30.4 Å². The molecule has 1 heterocycles. The normalized spacial score (nSPS) is 14.1. The topological polar surface area (TPSA) is 58.6 Å². The Morgan fingerprint density at radius 3 is 2.81 bits per heavy atom. The molecule has 26 heavy (non-hydrogen) atoms. The van der Waals surface area contributed by atoms with Gasteiger partial charge in [-0.15, -0.1) is 0 Å². The first-order valence-electron chi connectivity index (χ1n) is 8.30. The number of ether oxygens (including phenoxy) is 1. The van der Waals surface area contributed by atoms with E-state index in [1.165, 1.54) is 31.4 Å². The first-order chi connectivity index (χ1) is 12.6. The molecular weight excluding hydrogens is 335 g/mol. The number of carbonyl (C=O) groups excluding carboxylic acids is 2. The fraction of sp³-hybridized carbons (Fsp3) is 0.200. The molecule has 6 heteroatoms. The van der Waals surface area contributed by atoms with Crippen LogP contribution >= 0.6 is 0 Å². The van der Waals surface area contributed by atoms with Crippen molar-refractivity contribution in [1.82, 2.24) is 0 Å². The molecule has 0 aliphatic carbocycles. The lowest BCUT2D eigenvalue weighted by Gasteiger charge is -2.16. The molecule has 0 radical (unpaired) electrons. The summed E-state index contributed by atoms with van der Waals surface area (Å²) in [5.74, 6) is -0.584. The van der Waals surface area contributed by atoms with Gasteiger partial charge in [-0.05, 0) is 48.4 Å². The van der Waals surface area contributed by atoms with E-state index in [-0.39, 0.29) is 17.6 Å². The van der Waals surface area contributed by atoms with Crippen molar-refractivity contribution in [2.45, 2.75) is 12.8 Å². The van der Waals surface area contributed by atoms with Gasteiger partial charge in [0.1, 0.15) is 0 Å². The number of rotatable bonds is 5. The van der Waals surface area contributed by atoms with Crippen LogP contribution in [0.1, 0.15) is 18.4 Å². The highest BCUT2D eigenvalue weighted by atomic mass is 19.1. The van der Waals surface area contributed by atoms with E-state index in [1.807, 2.05) is 6.07 Å². The van der Waals surface area contributed by atoms with Crippen LogP contribution in [0, 0.1) is 5.82 Å². The number of benzene rings is 2. The average Bonchev–Trinajstić information content (AvgIpc) is 3.06. The number of nitrogens with zero attached hydrogens (tertiary/aromatic N) is 1. The molecule has 0 aromatic heterocycles. The Bertz CT molecular complexity index is 864. The first-order valence-corrected chi connectivity index (χ1v) is 8.30. The van der Waals surface area contributed by atoms with Crippen LogP contribution in [0.15, 0.2) is 48.5 Å². The largest absolute Gasteiger partial charge is 0.494 e. The number of methoxy groups -OCH3 is 1. The van der Waals surface area contributed by atoms with Gasteiger partial charge in [-0.1, -0.05) is 12.1 Å². The molecule has 1 saturated heterocycles. The maximum atomic E-state index is 13.7. The van der Waals surface area contributed by atoms with E-state index < -0.39 is 5.82 Å². The fourth-order valence-corrected chi connectivity index (χ4v) is 2.81. The van der Waals surface area contributed by atoms with Gasteiger partial charge < -0.3 is 15.0 Å². The molecule has 1 aliphatic heterocycles. The zero-order valence-corrected chi connectivity index (χ0v) is 14.4. The van der Waals surface area contributed by atoms with Crippen molar-refractivity contribution in [3.8, 4) is 5.75 Å². The first kappa shape index (κ1) is 17.7. The average molecular weight is 354 g/mol. The summed E-state index contributed by atoms with van der Waals surface area (Å²) in [6, 6.07) is 11.6. The van der Waals surface area contributed by atoms with Gasteiger partial charge in [0.2, 0.25) is 11.8 Å². The predicted octanol–water partition coefficient (Wildman–Crippen LogP) is 3.61. The molecule has 0 spiro atoms. The summed E-state index contributed by atoms with van der Waals surface area (Å²) in [5.41, 5.74) is 1.92. The van der Waals surface area contributed by atoms with E-state index in [0.717, 1.165) is 12.1 Å². The molecule has 2 aromatic rings. The Morgan fingerprint density at radius 2 is 2.12 bits per heavy atom. The lowest BCUT2D eigenvalue weighted by Crippen LogP contribution is -2.23. The summed E-state index contributed by atoms with van der Waals surface area (Å²) >= 11 is 0. The number of halogens is 1. The smallest absolute Gasteiger partial charge is 0.248 e. The van der Waals surface area contributed by atoms with Crippen LogP contribution in [-0.2, 0) is 9.59 Å². The third-order valence-electron chi connectivity index (χ3n) is 4.10. The SMILES string of the molecule is COc1ccc(/C=C/C(=O)Nc2cccc(N3CCCC3=O)c2)cc1F. The molecule has 0 bridgehead atoms. The van der Waals surface area contributed by atoms with Gasteiger partial charge in [-0.3, -0.25) is 9.59 Å². The third-order valence-corrected chi connectivity index (χ3v) is 4.10. The second-order valence-corrected chi connectivity index (χ2v) is 5.92. The maximum Gasteiger partial charge on any atom is 0.248 e. The van der Waals surface area contributed by atoms with Crippen LogP contribution in [0.4, 0.5) is 15.8 Å². The molecule has 134 valence electrons. The van der Waals surface area contributed by atoms with Gasteiger partial charge in [-0.2, -0.15) is 0 Å². The summed E-state index contributed by atoms with van der Waals surface area (Å²) in [7, 11) is 1.39. The zero-order chi connectivity index (χ0) is 18.5. The van der Waals surface area contributed by atoms with E-state index >= 15 is 0 Å². The van der Waals surface area contributed by atoms with Crippen molar-refractivity contribution in [2.75, 3.05) is 23.9 Å². The van der Waals surface area contributed by atoms with Crippen LogP contribution in [-0.4, -0.2) is 25.5 Å². The molecule has 2 amide bonds. The number of amides is 2. The van der Waals surface area contributed by atoms with E-state index in [2.05, 4.69) is 5.32 Å². The van der Waals surface area contributed by atoms with Crippen molar-refractivity contribution >= 4 is 29.3 Å². The maximum absolute atomic E-state index is 13.7. The summed E-state index contributed by atoms with van der Waals surface area (Å²) in [4.78, 5) is 25.6. The molecule has 1 N–H and O–H groups in total. The summed E-state index contributed by atoms with van der Waals surface area (Å²) in [6.07, 6.45) is 4.24. The molecule has 0 atom stereocenters. The van der Waals surface area contributed by atoms with E-state index in [9.17, 15) is 14.0 Å². The number of nitrogens with one attached hydrogen (secondary N) is 1. The van der Waals surface area contributed by atoms with Gasteiger partial charge >= 0.3 is 0 Å². The molecule has 3 rings (SSSR count). The summed E-state index contributed by atoms with van der Waals surface area (Å²) in [5, 5.41) is 2.75. The minimum Gasteiger partial charge on any atom is -0.494 e. The van der Waals surface area contributed by atoms with Crippen LogP contribution in [0.3, 0.4) is 0 Å². The van der Waals surface area contributed by atoms with Crippen LogP contribution in [0.25, 0.3) is 6.08 Å². The van der Waals surface area contributed by atoms with Gasteiger partial charge in [0.25, 0.3) is 0 Å². The minimum absolute atomic E-state index is 0.0925. The highest BCUT2D eigenvalue weighted by Crippen LogP contribution is 2.24. The molecular formula is C20H19FN2O3. The Labute approximate surface area is 151 Å². The Kier molecular flexibility index (Phi) is 5.31. The Morgan fingerprint density at radius 1 is 1.27 bits per heavy atom. The number of hydrogen-bond donors (Lipinski definition) is 1. The lowest BCUT2D eigenvalue weighted by molar-refractivity contribution is -0.117. The van der Waals surface area contributed by atoms with Crippen LogP contribution < -0.4 is 15.0 Å². The van der Waals surface area contributed by atoms with Crippen molar-refractivity contribution in [3.63, 3.8) is 0 Å². The van der Waals surface area contributed by atoms with E-state index in [1.54, 1.807) is 29.2 Å². The van der Waals surface area contributed by atoms with Gasteiger partial charge in [-0.25, -0.2) is 4.39 Å². The van der Waals surface area contributed by atoms with Crippen molar-refractivity contribution in [1.29, 1.82) is 0 Å². The highest BCUT2D eigenvalue weighted by Gasteiger charge is 2.21. The fourth-order valence-electron chi connectivity index (χ4n) is 2.81. The quantitative estimate of drug-likeness (QED) is 0.835. The number of hydrogen-bond acceptors (Lipinski definition) is 3. The standard InChI is InChI=1S/C20H19FN2O3/c1-26-18-9-7-14(12-17(18)21)8-10-19(24)22-15-4-2-5-16(13-15)23-11-3-6-20(23)25/h2,4-5,7-10,12-13H,3,6,11H2,1H3,(H,22,24)/b10-8+. The molecule has 2 aromatic carbocycles. The third kappa shape index (κ3) is 4.08. The van der Waals surface area contributed by atoms with Crippen molar-refractivity contribution in [3.05, 3.63) is 59.9 Å². The lowest BCUT2D eigenvalue weighted by atomic mass is 10.2. The van der Waals surface area contributed by atoms with Gasteiger partial charge in [0.05, 0.1) is 7.11 Å². The molecule has 1 aliphatic rings. The number of anilines is 2. The highest BCUT2D eigenvalue weighted by molar-refractivity contribution is 6.02. The van der Waals surface area contributed by atoms with Crippen LogP contribution in [0.2, 0.25) is 0 Å². The minimum atomic E-state index is -0.488. The predicted molar refractivity (Wildman–Crippen MR) is 98.6 cm³/mol. The molecule has 5 nitrogen and oxygen atoms in total. The number of carbonyl (C=O) groups is 2. The summed E-state index contributed by atoms with van der Waals surface area (Å²) in [6.45, 7) is 0.694. The second-order valence-electron chi connectivity index (χ2n) is 5.92. The Hall–Kier alpha value is -3.15. The second kappa shape index (κ2) is 7.82. The zero-order valence-electron chi connectivity index (χ0n) is 14.4. The van der Waals surface area contributed by atoms with E-state index in [4.69, 9.17) is 4.74 Å². The summed E-state index contributed by atoms with van der Waals surface area (Å²) < 4.78 is 18.5. The molecule has 1 fully saturated rings. The van der Waals surface area contributed by atoms with Crippen molar-refractivity contribution in [2.24, 2.45) is 0 Å². The van der Waals surface area contributed by atoms with E-state index in [0.29, 0.717) is 24.2 Å².